The van der Waals surface area contributed by atoms with E-state index in [2.05, 4.69) is 15.9 Å². The first-order valence-electron chi connectivity index (χ1n) is 7.02. The average Bonchev–Trinajstić information content (AvgIpc) is 2.56. The van der Waals surface area contributed by atoms with E-state index in [0.29, 0.717) is 11.8 Å². The van der Waals surface area contributed by atoms with Crippen molar-refractivity contribution in [3.63, 3.8) is 0 Å². The van der Waals surface area contributed by atoms with Gasteiger partial charge in [-0.2, -0.15) is 4.31 Å². The van der Waals surface area contributed by atoms with Crippen LogP contribution in [0.2, 0.25) is 0 Å². The summed E-state index contributed by atoms with van der Waals surface area (Å²) in [6.07, 6.45) is 0. The van der Waals surface area contributed by atoms with Gasteiger partial charge in [0.15, 0.2) is 11.5 Å². The first kappa shape index (κ1) is 19.6. The lowest BCUT2D eigenvalue weighted by atomic mass is 10.2. The molecule has 0 saturated carbocycles. The minimum absolute atomic E-state index is 0.0593. The Kier molecular flexibility index (Phi) is 6.02. The van der Waals surface area contributed by atoms with Crippen molar-refractivity contribution in [2.75, 3.05) is 21.3 Å². The second kappa shape index (κ2) is 7.67. The van der Waals surface area contributed by atoms with Crippen molar-refractivity contribution in [1.82, 2.24) is 4.31 Å². The number of ether oxygens (including phenoxy) is 2. The summed E-state index contributed by atoms with van der Waals surface area (Å²) in [6.45, 7) is -0.255. The second-order valence-electron chi connectivity index (χ2n) is 5.13. The van der Waals surface area contributed by atoms with Gasteiger partial charge in [-0.3, -0.25) is 0 Å². The van der Waals surface area contributed by atoms with E-state index in [1.807, 2.05) is 0 Å². The highest BCUT2D eigenvalue weighted by molar-refractivity contribution is 9.10. The summed E-state index contributed by atoms with van der Waals surface area (Å²) >= 11 is 3.20. The fraction of sp³-hybridized carbons (Fsp3) is 0.250. The number of sulfonamides is 1. The molecule has 0 radical (unpaired) electrons. The summed E-state index contributed by atoms with van der Waals surface area (Å²) in [5.41, 5.74) is 0.0593. The molecule has 0 aromatic heterocycles. The van der Waals surface area contributed by atoms with Gasteiger partial charge in [-0.05, 0) is 28.1 Å². The van der Waals surface area contributed by atoms with E-state index in [9.17, 15) is 17.2 Å². The standard InChI is InChI=1S/C16H16BrF2NO4S/c1-20(9-10-4-5-11(18)6-13(10)19)25(21,22)16-8-15(24-3)14(23-2)7-12(16)17/h4-8H,9H2,1-3H3. The normalized spacial score (nSPS) is 11.6. The molecule has 0 spiro atoms. The summed E-state index contributed by atoms with van der Waals surface area (Å²) in [5, 5.41) is 0. The van der Waals surface area contributed by atoms with Crippen LogP contribution in [-0.2, 0) is 16.6 Å². The second-order valence-corrected chi connectivity index (χ2v) is 8.00. The average molecular weight is 436 g/mol. The van der Waals surface area contributed by atoms with Crippen LogP contribution in [0.1, 0.15) is 5.56 Å². The summed E-state index contributed by atoms with van der Waals surface area (Å²) in [5.74, 6) is -0.936. The molecule has 0 N–H and O–H groups in total. The van der Waals surface area contributed by atoms with E-state index >= 15 is 0 Å². The minimum atomic E-state index is -3.96. The van der Waals surface area contributed by atoms with Gasteiger partial charge in [0.05, 0.1) is 14.2 Å². The molecule has 0 amide bonds. The van der Waals surface area contributed by atoms with E-state index < -0.39 is 21.7 Å². The van der Waals surface area contributed by atoms with Crippen LogP contribution in [0.3, 0.4) is 0 Å². The van der Waals surface area contributed by atoms with Crippen LogP contribution >= 0.6 is 15.9 Å². The van der Waals surface area contributed by atoms with Gasteiger partial charge in [-0.1, -0.05) is 6.07 Å². The largest absolute Gasteiger partial charge is 0.493 e. The number of nitrogens with zero attached hydrogens (tertiary/aromatic N) is 1. The molecule has 0 fully saturated rings. The lowest BCUT2D eigenvalue weighted by Crippen LogP contribution is -2.27. The van der Waals surface area contributed by atoms with Crippen molar-refractivity contribution in [2.45, 2.75) is 11.4 Å². The van der Waals surface area contributed by atoms with Gasteiger partial charge in [-0.15, -0.1) is 0 Å². The molecular formula is C16H16BrF2NO4S. The first-order chi connectivity index (χ1) is 11.7. The lowest BCUT2D eigenvalue weighted by molar-refractivity contribution is 0.353. The van der Waals surface area contributed by atoms with Gasteiger partial charge in [0.1, 0.15) is 16.5 Å². The zero-order chi connectivity index (χ0) is 18.8. The summed E-state index contributed by atoms with van der Waals surface area (Å²) in [4.78, 5) is -0.0600. The Balaban J connectivity index is 2.40. The molecule has 2 aromatic carbocycles. The maximum absolute atomic E-state index is 13.8. The lowest BCUT2D eigenvalue weighted by Gasteiger charge is -2.20. The quantitative estimate of drug-likeness (QED) is 0.695. The van der Waals surface area contributed by atoms with E-state index in [-0.39, 0.29) is 27.2 Å². The van der Waals surface area contributed by atoms with Crippen LogP contribution in [-0.4, -0.2) is 34.0 Å². The van der Waals surface area contributed by atoms with Crippen LogP contribution in [0.5, 0.6) is 11.5 Å². The summed E-state index contributed by atoms with van der Waals surface area (Å²) < 4.78 is 63.9. The predicted molar refractivity (Wildman–Crippen MR) is 92.3 cm³/mol. The molecule has 0 unspecified atom stereocenters. The highest BCUT2D eigenvalue weighted by Crippen LogP contribution is 2.36. The van der Waals surface area contributed by atoms with E-state index in [4.69, 9.17) is 9.47 Å². The van der Waals surface area contributed by atoms with E-state index in [1.54, 1.807) is 0 Å². The molecule has 0 atom stereocenters. The molecular weight excluding hydrogens is 420 g/mol. The topological polar surface area (TPSA) is 55.8 Å². The number of rotatable bonds is 6. The van der Waals surface area contributed by atoms with Crippen molar-refractivity contribution in [2.24, 2.45) is 0 Å². The Morgan fingerprint density at radius 3 is 2.24 bits per heavy atom. The SMILES string of the molecule is COc1cc(Br)c(S(=O)(=O)N(C)Cc2ccc(F)cc2F)cc1OC. The van der Waals surface area contributed by atoms with Crippen molar-refractivity contribution >= 4 is 26.0 Å². The van der Waals surface area contributed by atoms with Gasteiger partial charge >= 0.3 is 0 Å². The van der Waals surface area contributed by atoms with Crippen LogP contribution < -0.4 is 9.47 Å². The molecule has 0 aliphatic carbocycles. The smallest absolute Gasteiger partial charge is 0.244 e. The van der Waals surface area contributed by atoms with Crippen molar-refractivity contribution in [3.8, 4) is 11.5 Å². The monoisotopic (exact) mass is 435 g/mol. The third kappa shape index (κ3) is 4.10. The Hall–Kier alpha value is -1.71. The zero-order valence-electron chi connectivity index (χ0n) is 13.7. The zero-order valence-corrected chi connectivity index (χ0v) is 16.1. The van der Waals surface area contributed by atoms with Crippen LogP contribution in [0.15, 0.2) is 39.7 Å². The highest BCUT2D eigenvalue weighted by Gasteiger charge is 2.26. The third-order valence-corrected chi connectivity index (χ3v) is 6.30. The minimum Gasteiger partial charge on any atom is -0.493 e. The van der Waals surface area contributed by atoms with E-state index in [1.165, 1.54) is 39.5 Å². The first-order valence-corrected chi connectivity index (χ1v) is 9.25. The molecule has 5 nitrogen and oxygen atoms in total. The molecule has 25 heavy (non-hydrogen) atoms. The van der Waals surface area contributed by atoms with Gasteiger partial charge in [0.2, 0.25) is 10.0 Å². The molecule has 2 rings (SSSR count). The fourth-order valence-corrected chi connectivity index (χ4v) is 4.32. The van der Waals surface area contributed by atoms with Crippen molar-refractivity contribution in [3.05, 3.63) is 52.0 Å². The van der Waals surface area contributed by atoms with Crippen molar-refractivity contribution < 1.29 is 26.7 Å². The maximum Gasteiger partial charge on any atom is 0.244 e. The molecule has 136 valence electrons. The molecule has 0 aliphatic rings. The molecule has 0 saturated heterocycles. The maximum atomic E-state index is 13.8. The molecule has 0 aliphatic heterocycles. The van der Waals surface area contributed by atoms with Crippen LogP contribution in [0.4, 0.5) is 8.78 Å². The van der Waals surface area contributed by atoms with Crippen molar-refractivity contribution in [1.29, 1.82) is 0 Å². The number of methoxy groups -OCH3 is 2. The van der Waals surface area contributed by atoms with Crippen LogP contribution in [0, 0.1) is 11.6 Å². The number of hydrogen-bond acceptors (Lipinski definition) is 4. The van der Waals surface area contributed by atoms with Crippen LogP contribution in [0.25, 0.3) is 0 Å². The number of halogens is 3. The molecule has 9 heteroatoms. The highest BCUT2D eigenvalue weighted by atomic mass is 79.9. The Morgan fingerprint density at radius 2 is 1.68 bits per heavy atom. The third-order valence-electron chi connectivity index (χ3n) is 3.53. The Labute approximate surface area is 153 Å². The van der Waals surface area contributed by atoms with Gasteiger partial charge < -0.3 is 9.47 Å². The number of hydrogen-bond donors (Lipinski definition) is 0. The summed E-state index contributed by atoms with van der Waals surface area (Å²) in [6, 6.07) is 5.78. The number of benzene rings is 2. The van der Waals surface area contributed by atoms with Gasteiger partial charge in [-0.25, -0.2) is 17.2 Å². The van der Waals surface area contributed by atoms with Gasteiger partial charge in [0.25, 0.3) is 0 Å². The fourth-order valence-electron chi connectivity index (χ4n) is 2.18. The molecule has 2 aromatic rings. The molecule has 0 bridgehead atoms. The Morgan fingerprint density at radius 1 is 1.08 bits per heavy atom. The molecule has 0 heterocycles. The van der Waals surface area contributed by atoms with E-state index in [0.717, 1.165) is 10.4 Å². The predicted octanol–water partition coefficient (Wildman–Crippen LogP) is 3.57. The van der Waals surface area contributed by atoms with Gasteiger partial charge in [0, 0.05) is 35.8 Å². The Bertz CT molecular complexity index is 890. The summed E-state index contributed by atoms with van der Waals surface area (Å²) in [7, 11) is 0.166.